The van der Waals surface area contributed by atoms with Crippen LogP contribution in [0, 0.1) is 0 Å². The highest BCUT2D eigenvalue weighted by Crippen LogP contribution is 2.54. The molecule has 0 atom stereocenters. The smallest absolute Gasteiger partial charge is 0.155 e. The van der Waals surface area contributed by atoms with E-state index in [4.69, 9.17) is 15.7 Å². The zero-order valence-corrected chi connectivity index (χ0v) is 41.8. The molecule has 0 aromatic carbocycles. The van der Waals surface area contributed by atoms with Crippen molar-refractivity contribution in [3.05, 3.63) is 80.3 Å². The van der Waals surface area contributed by atoms with Crippen molar-refractivity contribution in [2.75, 3.05) is 6.54 Å². The maximum absolute atomic E-state index is 6.14. The Bertz CT molecular complexity index is 2590. The molecular weight excluding hydrogens is 875 g/mol. The van der Waals surface area contributed by atoms with Gasteiger partial charge in [-0.15, -0.1) is 68.0 Å². The van der Waals surface area contributed by atoms with Gasteiger partial charge >= 0.3 is 0 Å². The number of fused-ring (bicyclic) bond motifs is 1. The Balaban J connectivity index is 1.19. The van der Waals surface area contributed by atoms with Crippen LogP contribution in [0.15, 0.2) is 60.7 Å². The number of aryl methyl sites for hydroxylation is 2. The van der Waals surface area contributed by atoms with Crippen LogP contribution in [0.3, 0.4) is 0 Å². The molecule has 0 unspecified atom stereocenters. The molecular formula is C48H55N3S8. The van der Waals surface area contributed by atoms with Crippen molar-refractivity contribution in [2.45, 2.75) is 124 Å². The van der Waals surface area contributed by atoms with E-state index in [2.05, 4.69) is 109 Å². The minimum absolute atomic E-state index is 0.0301. The minimum atomic E-state index is -0.161. The Kier molecular flexibility index (Phi) is 13.6. The quantitative estimate of drug-likeness (QED) is 0.0872. The average Bonchev–Trinajstić information content (AvgIpc) is 4.04. The number of rotatable bonds is 18. The number of thiazole rings is 2. The molecule has 0 aliphatic heterocycles. The van der Waals surface area contributed by atoms with Gasteiger partial charge in [0.25, 0.3) is 0 Å². The van der Waals surface area contributed by atoms with E-state index in [-0.39, 0.29) is 10.8 Å². The molecule has 0 saturated carbocycles. The third-order valence-electron chi connectivity index (χ3n) is 10.8. The second-order valence-electron chi connectivity index (χ2n) is 17.2. The van der Waals surface area contributed by atoms with Gasteiger partial charge in [0, 0.05) is 67.0 Å². The second kappa shape index (κ2) is 18.6. The normalized spacial score (nSPS) is 12.5. The van der Waals surface area contributed by atoms with Crippen LogP contribution in [0.25, 0.3) is 69.7 Å². The molecule has 8 rings (SSSR count). The van der Waals surface area contributed by atoms with Gasteiger partial charge in [-0.3, -0.25) is 0 Å². The van der Waals surface area contributed by atoms with Crippen LogP contribution in [-0.4, -0.2) is 16.5 Å². The van der Waals surface area contributed by atoms with Crippen molar-refractivity contribution in [1.82, 2.24) is 9.97 Å². The standard InChI is InChI=1S/C48H55N3S8/c1-8-10-12-14-16-29-18-20-35(52-29)37-24-22-33(54-37)31-26-39(43-50-44-45(58-43)51-46(59-44)48(6,7)28-49)56-41(31)42-32(27-40(57-42)47(3,4)5)34-23-25-38(55-34)36-21-19-30(53-36)17-15-13-11-9-2/h18-27H,8-17,28,49H2,1-7H3. The molecule has 0 aliphatic carbocycles. The van der Waals surface area contributed by atoms with Gasteiger partial charge < -0.3 is 5.73 Å². The molecule has 2 N–H and O–H groups in total. The lowest BCUT2D eigenvalue weighted by Gasteiger charge is -2.18. The first kappa shape index (κ1) is 43.3. The first-order valence-corrected chi connectivity index (χ1v) is 27.6. The van der Waals surface area contributed by atoms with Gasteiger partial charge in [-0.1, -0.05) is 110 Å². The minimum Gasteiger partial charge on any atom is -0.330 e. The summed E-state index contributed by atoms with van der Waals surface area (Å²) in [4.78, 5) is 28.8. The van der Waals surface area contributed by atoms with Crippen LogP contribution in [0.4, 0.5) is 0 Å². The molecule has 8 aromatic rings. The van der Waals surface area contributed by atoms with Crippen molar-refractivity contribution in [3.8, 4) is 60.0 Å². The summed E-state index contributed by atoms with van der Waals surface area (Å²) in [6.45, 7) is 16.5. The molecule has 0 amide bonds. The summed E-state index contributed by atoms with van der Waals surface area (Å²) in [6, 6.07) is 23.7. The van der Waals surface area contributed by atoms with E-state index in [1.807, 2.05) is 68.0 Å². The molecule has 0 spiro atoms. The van der Waals surface area contributed by atoms with Gasteiger partial charge in [0.1, 0.15) is 10.0 Å². The van der Waals surface area contributed by atoms with Gasteiger partial charge in [0.05, 0.1) is 14.6 Å². The van der Waals surface area contributed by atoms with E-state index < -0.39 is 0 Å². The maximum atomic E-state index is 6.14. The highest BCUT2D eigenvalue weighted by Gasteiger charge is 2.28. The fraction of sp³-hybridized carbons (Fsp3) is 0.417. The van der Waals surface area contributed by atoms with Gasteiger partial charge in [0.2, 0.25) is 0 Å². The van der Waals surface area contributed by atoms with Crippen molar-refractivity contribution in [2.24, 2.45) is 5.73 Å². The van der Waals surface area contributed by atoms with E-state index in [1.165, 1.54) is 134 Å². The Morgan fingerprint density at radius 2 is 1.00 bits per heavy atom. The van der Waals surface area contributed by atoms with Crippen LogP contribution in [0.2, 0.25) is 0 Å². The zero-order chi connectivity index (χ0) is 41.3. The molecule has 310 valence electrons. The topological polar surface area (TPSA) is 51.8 Å². The second-order valence-corrected chi connectivity index (χ2v) is 25.7. The Morgan fingerprint density at radius 3 is 1.54 bits per heavy atom. The number of thiophene rings is 6. The summed E-state index contributed by atoms with van der Waals surface area (Å²) in [7, 11) is 0. The molecule has 3 nitrogen and oxygen atoms in total. The lowest BCUT2D eigenvalue weighted by molar-refractivity contribution is 0.537. The van der Waals surface area contributed by atoms with Crippen molar-refractivity contribution < 1.29 is 0 Å². The number of hydrogen-bond acceptors (Lipinski definition) is 11. The third-order valence-corrected chi connectivity index (χ3v) is 21.1. The van der Waals surface area contributed by atoms with Crippen molar-refractivity contribution in [1.29, 1.82) is 0 Å². The fourth-order valence-corrected chi connectivity index (χ4v) is 16.3. The van der Waals surface area contributed by atoms with E-state index in [0.717, 1.165) is 19.7 Å². The Morgan fingerprint density at radius 1 is 0.492 bits per heavy atom. The molecule has 8 aromatic heterocycles. The van der Waals surface area contributed by atoms with Gasteiger partial charge in [-0.25, -0.2) is 9.97 Å². The largest absolute Gasteiger partial charge is 0.330 e. The molecule has 0 aliphatic rings. The maximum Gasteiger partial charge on any atom is 0.155 e. The van der Waals surface area contributed by atoms with Crippen LogP contribution < -0.4 is 5.73 Å². The van der Waals surface area contributed by atoms with Crippen LogP contribution in [0.5, 0.6) is 0 Å². The molecule has 59 heavy (non-hydrogen) atoms. The molecule has 0 saturated heterocycles. The average molecular weight is 931 g/mol. The fourth-order valence-electron chi connectivity index (χ4n) is 7.06. The molecule has 0 bridgehead atoms. The molecule has 0 radical (unpaired) electrons. The van der Waals surface area contributed by atoms with E-state index in [9.17, 15) is 0 Å². The van der Waals surface area contributed by atoms with Crippen LogP contribution in [-0.2, 0) is 23.7 Å². The van der Waals surface area contributed by atoms with Crippen LogP contribution >= 0.6 is 90.7 Å². The summed E-state index contributed by atoms with van der Waals surface area (Å²) < 4.78 is 0. The van der Waals surface area contributed by atoms with E-state index in [1.54, 1.807) is 22.7 Å². The summed E-state index contributed by atoms with van der Waals surface area (Å²) in [5.74, 6) is 0. The summed E-state index contributed by atoms with van der Waals surface area (Å²) in [5, 5.41) is 2.11. The first-order valence-electron chi connectivity index (χ1n) is 21.1. The highest BCUT2D eigenvalue weighted by molar-refractivity contribution is 7.32. The summed E-state index contributed by atoms with van der Waals surface area (Å²) in [5.41, 5.74) is 8.67. The number of nitrogens with zero attached hydrogens (tertiary/aromatic N) is 2. The van der Waals surface area contributed by atoms with Crippen molar-refractivity contribution in [3.63, 3.8) is 0 Å². The first-order chi connectivity index (χ1) is 28.4. The Hall–Kier alpha value is -2.32. The number of unbranched alkanes of at least 4 members (excludes halogenated alkanes) is 6. The van der Waals surface area contributed by atoms with E-state index >= 15 is 0 Å². The van der Waals surface area contributed by atoms with Gasteiger partial charge in [-0.2, -0.15) is 0 Å². The predicted molar refractivity (Wildman–Crippen MR) is 272 cm³/mol. The molecule has 8 heterocycles. The lowest BCUT2D eigenvalue weighted by Crippen LogP contribution is -2.27. The van der Waals surface area contributed by atoms with Crippen LogP contribution in [0.1, 0.15) is 119 Å². The molecule has 11 heteroatoms. The van der Waals surface area contributed by atoms with Crippen molar-refractivity contribution >= 4 is 100 Å². The number of hydrogen-bond donors (Lipinski definition) is 1. The SMILES string of the molecule is CCCCCCc1ccc(-c2ccc(-c3cc(-c4nc5sc(C(C)(C)CN)nc5s4)sc3-c3sc(C(C)(C)C)cc3-c3ccc(-c4ccc(CCCCCC)s4)s3)s2)s1. The number of nitrogens with two attached hydrogens (primary N) is 1. The lowest BCUT2D eigenvalue weighted by atomic mass is 9.94. The third kappa shape index (κ3) is 9.69. The Labute approximate surface area is 383 Å². The van der Waals surface area contributed by atoms with Gasteiger partial charge in [0.15, 0.2) is 9.66 Å². The number of aromatic nitrogens is 2. The highest BCUT2D eigenvalue weighted by atomic mass is 32.1. The summed E-state index contributed by atoms with van der Waals surface area (Å²) in [6.07, 6.45) is 12.8. The van der Waals surface area contributed by atoms with Gasteiger partial charge in [-0.05, 0) is 91.8 Å². The zero-order valence-electron chi connectivity index (χ0n) is 35.3. The molecule has 0 fully saturated rings. The monoisotopic (exact) mass is 929 g/mol. The predicted octanol–water partition coefficient (Wildman–Crippen LogP) is 17.9. The summed E-state index contributed by atoms with van der Waals surface area (Å²) >= 11 is 15.1. The van der Waals surface area contributed by atoms with E-state index in [0.29, 0.717) is 6.54 Å².